The average molecular weight is 418 g/mol. The molecular formula is C25H31N5O. The minimum atomic E-state index is -0.554. The van der Waals surface area contributed by atoms with Gasteiger partial charge >= 0.3 is 6.03 Å². The van der Waals surface area contributed by atoms with E-state index in [1.54, 1.807) is 4.68 Å². The van der Waals surface area contributed by atoms with Crippen LogP contribution in [-0.4, -0.2) is 40.3 Å². The number of carbonyl (C=O) groups is 1. The largest absolute Gasteiger partial charge is 0.351 e. The SMILES string of the molecule is CCN1CCC(c2ccccc2)C1.NC(=O)Nc1c2c(nn1-c1ccccc1)CCC2. The van der Waals surface area contributed by atoms with Gasteiger partial charge in [0.15, 0.2) is 0 Å². The highest BCUT2D eigenvalue weighted by molar-refractivity contribution is 5.88. The van der Waals surface area contributed by atoms with Crippen LogP contribution in [0.3, 0.4) is 0 Å². The summed E-state index contributed by atoms with van der Waals surface area (Å²) in [7, 11) is 0. The van der Waals surface area contributed by atoms with Crippen LogP contribution >= 0.6 is 0 Å². The molecule has 1 saturated heterocycles. The first-order valence-corrected chi connectivity index (χ1v) is 11.2. The number of para-hydroxylation sites is 1. The molecule has 0 saturated carbocycles. The number of aromatic nitrogens is 2. The number of benzene rings is 2. The summed E-state index contributed by atoms with van der Waals surface area (Å²) in [6.45, 7) is 5.97. The summed E-state index contributed by atoms with van der Waals surface area (Å²) in [5, 5.41) is 7.25. The smallest absolute Gasteiger partial charge is 0.317 e. The lowest BCUT2D eigenvalue weighted by Gasteiger charge is -2.12. The highest BCUT2D eigenvalue weighted by Crippen LogP contribution is 2.30. The number of hydrogen-bond acceptors (Lipinski definition) is 3. The molecule has 1 aliphatic heterocycles. The van der Waals surface area contributed by atoms with Crippen molar-refractivity contribution in [2.45, 2.75) is 38.5 Å². The second-order valence-electron chi connectivity index (χ2n) is 8.15. The zero-order valence-corrected chi connectivity index (χ0v) is 18.1. The molecule has 5 rings (SSSR count). The van der Waals surface area contributed by atoms with Crippen molar-refractivity contribution >= 4 is 11.8 Å². The number of nitrogens with two attached hydrogens (primary N) is 1. The summed E-state index contributed by atoms with van der Waals surface area (Å²) in [5.74, 6) is 1.49. The van der Waals surface area contributed by atoms with Gasteiger partial charge in [0.1, 0.15) is 5.82 Å². The van der Waals surface area contributed by atoms with E-state index in [2.05, 4.69) is 52.6 Å². The first-order chi connectivity index (χ1) is 15.2. The molecule has 2 aliphatic rings. The highest BCUT2D eigenvalue weighted by Gasteiger charge is 2.24. The number of anilines is 1. The molecular weight excluding hydrogens is 386 g/mol. The van der Waals surface area contributed by atoms with Gasteiger partial charge in [-0.2, -0.15) is 5.10 Å². The van der Waals surface area contributed by atoms with Gasteiger partial charge in [-0.05, 0) is 62.4 Å². The van der Waals surface area contributed by atoms with Gasteiger partial charge in [-0.15, -0.1) is 0 Å². The van der Waals surface area contributed by atoms with Crippen LogP contribution in [0, 0.1) is 0 Å². The molecule has 1 atom stereocenters. The fraction of sp³-hybridized carbons (Fsp3) is 0.360. The van der Waals surface area contributed by atoms with Crippen LogP contribution in [0.5, 0.6) is 0 Å². The zero-order valence-electron chi connectivity index (χ0n) is 18.1. The van der Waals surface area contributed by atoms with Crippen molar-refractivity contribution in [2.75, 3.05) is 25.0 Å². The minimum absolute atomic E-state index is 0.554. The lowest BCUT2D eigenvalue weighted by Crippen LogP contribution is -2.22. The number of nitrogens with one attached hydrogen (secondary N) is 1. The number of amides is 2. The van der Waals surface area contributed by atoms with Crippen LogP contribution in [0.2, 0.25) is 0 Å². The van der Waals surface area contributed by atoms with E-state index in [1.165, 1.54) is 31.6 Å². The maximum Gasteiger partial charge on any atom is 0.317 e. The quantitative estimate of drug-likeness (QED) is 0.663. The van der Waals surface area contributed by atoms with Crippen molar-refractivity contribution in [3.8, 4) is 5.69 Å². The van der Waals surface area contributed by atoms with Gasteiger partial charge in [0, 0.05) is 12.1 Å². The lowest BCUT2D eigenvalue weighted by atomic mass is 9.99. The van der Waals surface area contributed by atoms with Crippen LogP contribution < -0.4 is 11.1 Å². The van der Waals surface area contributed by atoms with Crippen molar-refractivity contribution in [3.05, 3.63) is 77.5 Å². The third kappa shape index (κ3) is 4.97. The Kier molecular flexibility index (Phi) is 6.67. The summed E-state index contributed by atoms with van der Waals surface area (Å²) in [4.78, 5) is 13.6. The molecule has 1 aromatic heterocycles. The lowest BCUT2D eigenvalue weighted by molar-refractivity contribution is 0.259. The van der Waals surface area contributed by atoms with E-state index in [9.17, 15) is 4.79 Å². The Morgan fingerprint density at radius 3 is 2.45 bits per heavy atom. The van der Waals surface area contributed by atoms with Gasteiger partial charge in [0.25, 0.3) is 0 Å². The summed E-state index contributed by atoms with van der Waals surface area (Å²) in [6, 6.07) is 20.1. The Morgan fingerprint density at radius 2 is 1.81 bits per heavy atom. The number of fused-ring (bicyclic) bond motifs is 1. The van der Waals surface area contributed by atoms with Gasteiger partial charge in [-0.1, -0.05) is 55.5 Å². The molecule has 2 aromatic carbocycles. The van der Waals surface area contributed by atoms with Gasteiger partial charge < -0.3 is 10.6 Å². The minimum Gasteiger partial charge on any atom is -0.351 e. The van der Waals surface area contributed by atoms with Crippen molar-refractivity contribution < 1.29 is 4.79 Å². The van der Waals surface area contributed by atoms with Crippen molar-refractivity contribution in [2.24, 2.45) is 5.73 Å². The molecule has 0 bridgehead atoms. The molecule has 3 aromatic rings. The van der Waals surface area contributed by atoms with Crippen LogP contribution in [0.25, 0.3) is 5.69 Å². The second-order valence-corrected chi connectivity index (χ2v) is 8.15. The molecule has 3 N–H and O–H groups in total. The van der Waals surface area contributed by atoms with Gasteiger partial charge in [0.05, 0.1) is 11.4 Å². The topological polar surface area (TPSA) is 76.2 Å². The van der Waals surface area contributed by atoms with Crippen molar-refractivity contribution in [1.82, 2.24) is 14.7 Å². The van der Waals surface area contributed by atoms with E-state index in [0.717, 1.165) is 42.1 Å². The van der Waals surface area contributed by atoms with E-state index in [4.69, 9.17) is 5.73 Å². The van der Waals surface area contributed by atoms with Crippen LogP contribution in [0.4, 0.5) is 10.6 Å². The molecule has 31 heavy (non-hydrogen) atoms. The van der Waals surface area contributed by atoms with Crippen molar-refractivity contribution in [1.29, 1.82) is 0 Å². The average Bonchev–Trinajstić information content (AvgIpc) is 3.53. The fourth-order valence-corrected chi connectivity index (χ4v) is 4.51. The normalized spacial score (nSPS) is 17.6. The second kappa shape index (κ2) is 9.79. The van der Waals surface area contributed by atoms with Crippen molar-refractivity contribution in [3.63, 3.8) is 0 Å². The highest BCUT2D eigenvalue weighted by atomic mass is 16.2. The summed E-state index contributed by atoms with van der Waals surface area (Å²) < 4.78 is 1.76. The number of nitrogens with zero attached hydrogens (tertiary/aromatic N) is 3. The number of likely N-dealkylation sites (N-methyl/N-ethyl adjacent to an activating group) is 1. The molecule has 6 heteroatoms. The third-order valence-corrected chi connectivity index (χ3v) is 6.14. The number of urea groups is 1. The van der Waals surface area contributed by atoms with Gasteiger partial charge in [-0.3, -0.25) is 5.32 Å². The molecule has 0 spiro atoms. The number of primary amides is 1. The Labute approximate surface area is 184 Å². The Morgan fingerprint density at radius 1 is 1.10 bits per heavy atom. The Bertz CT molecular complexity index is 1000. The van der Waals surface area contributed by atoms with Gasteiger partial charge in [-0.25, -0.2) is 9.48 Å². The molecule has 6 nitrogen and oxygen atoms in total. The van der Waals surface area contributed by atoms with Gasteiger partial charge in [0.2, 0.25) is 0 Å². The van der Waals surface area contributed by atoms with E-state index in [1.807, 2.05) is 30.3 Å². The first kappa shape index (κ1) is 21.1. The van der Waals surface area contributed by atoms with E-state index < -0.39 is 6.03 Å². The monoisotopic (exact) mass is 417 g/mol. The van der Waals surface area contributed by atoms with E-state index in [-0.39, 0.29) is 0 Å². The third-order valence-electron chi connectivity index (χ3n) is 6.14. The summed E-state index contributed by atoms with van der Waals surface area (Å²) in [5.41, 5.74) is 9.84. The maximum absolute atomic E-state index is 11.1. The molecule has 1 fully saturated rings. The Hall–Kier alpha value is -3.12. The number of rotatable bonds is 4. The number of likely N-dealkylation sites (tertiary alicyclic amines) is 1. The molecule has 2 heterocycles. The van der Waals surface area contributed by atoms with E-state index in [0.29, 0.717) is 5.82 Å². The summed E-state index contributed by atoms with van der Waals surface area (Å²) >= 11 is 0. The fourth-order valence-electron chi connectivity index (χ4n) is 4.51. The zero-order chi connectivity index (χ0) is 21.6. The maximum atomic E-state index is 11.1. The predicted octanol–water partition coefficient (Wildman–Crippen LogP) is 4.35. The number of hydrogen-bond donors (Lipinski definition) is 2. The molecule has 162 valence electrons. The molecule has 1 unspecified atom stereocenters. The van der Waals surface area contributed by atoms with Crippen LogP contribution in [-0.2, 0) is 12.8 Å². The summed E-state index contributed by atoms with van der Waals surface area (Å²) in [6.07, 6.45) is 4.32. The standard InChI is InChI=1S/C13H14N4O.C12H17N/c14-13(18)15-12-10-7-4-8-11(10)16-17(12)9-5-2-1-3-6-9;1-2-13-9-8-12(10-13)11-6-4-3-5-7-11/h1-3,5-6H,4,7-8H2,(H3,14,15,18);3-7,12H,2,8-10H2,1H3. The van der Waals surface area contributed by atoms with Crippen LogP contribution in [0.15, 0.2) is 60.7 Å². The number of aryl methyl sites for hydroxylation is 1. The first-order valence-electron chi connectivity index (χ1n) is 11.2. The number of carbonyl (C=O) groups excluding carboxylic acids is 1. The molecule has 0 radical (unpaired) electrons. The van der Waals surface area contributed by atoms with Crippen LogP contribution in [0.1, 0.15) is 42.5 Å². The van der Waals surface area contributed by atoms with E-state index >= 15 is 0 Å². The Balaban J connectivity index is 0.000000158. The molecule has 2 amide bonds. The molecule has 1 aliphatic carbocycles. The predicted molar refractivity (Wildman–Crippen MR) is 125 cm³/mol.